The number of thiazole rings is 1. The van der Waals surface area contributed by atoms with Crippen molar-refractivity contribution in [3.05, 3.63) is 28.9 Å². The highest BCUT2D eigenvalue weighted by Crippen LogP contribution is 2.45. The van der Waals surface area contributed by atoms with E-state index in [-0.39, 0.29) is 11.9 Å². The van der Waals surface area contributed by atoms with Crippen LogP contribution in [0.25, 0.3) is 4.96 Å². The SMILES string of the molecule is COc1cc(C(c2sc3ncnn3c2O)N2CCN(C)CC2)cc(OC)c1OC. The van der Waals surface area contributed by atoms with Crippen LogP contribution in [0.4, 0.5) is 0 Å². The van der Waals surface area contributed by atoms with Gasteiger partial charge in [0, 0.05) is 26.2 Å². The highest BCUT2D eigenvalue weighted by molar-refractivity contribution is 7.17. The van der Waals surface area contributed by atoms with Crippen LogP contribution in [0.1, 0.15) is 16.5 Å². The summed E-state index contributed by atoms with van der Waals surface area (Å²) in [5, 5.41) is 15.0. The van der Waals surface area contributed by atoms with Crippen molar-refractivity contribution in [1.29, 1.82) is 0 Å². The zero-order valence-electron chi connectivity index (χ0n) is 17.0. The lowest BCUT2D eigenvalue weighted by Crippen LogP contribution is -2.46. The fraction of sp³-hybridized carbons (Fsp3) is 0.474. The summed E-state index contributed by atoms with van der Waals surface area (Å²) in [5.74, 6) is 1.82. The predicted molar refractivity (Wildman–Crippen MR) is 110 cm³/mol. The second-order valence-electron chi connectivity index (χ2n) is 6.94. The summed E-state index contributed by atoms with van der Waals surface area (Å²) in [6.45, 7) is 3.63. The first-order valence-electron chi connectivity index (χ1n) is 9.31. The minimum atomic E-state index is -0.189. The van der Waals surface area contributed by atoms with E-state index in [2.05, 4.69) is 26.9 Å². The van der Waals surface area contributed by atoms with Gasteiger partial charge in [-0.3, -0.25) is 4.90 Å². The van der Waals surface area contributed by atoms with Crippen LogP contribution < -0.4 is 14.2 Å². The number of methoxy groups -OCH3 is 3. The third-order valence-corrected chi connectivity index (χ3v) is 6.38. The Balaban J connectivity index is 1.86. The number of nitrogens with zero attached hydrogens (tertiary/aromatic N) is 5. The number of rotatable bonds is 6. The van der Waals surface area contributed by atoms with Crippen LogP contribution in [-0.4, -0.2) is 84.1 Å². The van der Waals surface area contributed by atoms with E-state index in [4.69, 9.17) is 14.2 Å². The van der Waals surface area contributed by atoms with E-state index in [0.717, 1.165) is 36.6 Å². The Labute approximate surface area is 173 Å². The molecular weight excluding hydrogens is 394 g/mol. The summed E-state index contributed by atoms with van der Waals surface area (Å²) < 4.78 is 18.1. The second kappa shape index (κ2) is 8.05. The lowest BCUT2D eigenvalue weighted by atomic mass is 10.0. The summed E-state index contributed by atoms with van der Waals surface area (Å²) in [6.07, 6.45) is 1.44. The van der Waals surface area contributed by atoms with Crippen molar-refractivity contribution in [1.82, 2.24) is 24.4 Å². The maximum absolute atomic E-state index is 10.9. The highest BCUT2D eigenvalue weighted by Gasteiger charge is 2.32. The van der Waals surface area contributed by atoms with Crippen LogP contribution in [0.3, 0.4) is 0 Å². The molecule has 0 radical (unpaired) electrons. The van der Waals surface area contributed by atoms with E-state index in [9.17, 15) is 5.11 Å². The van der Waals surface area contributed by atoms with Crippen LogP contribution in [0.2, 0.25) is 0 Å². The summed E-state index contributed by atoms with van der Waals surface area (Å²) in [7, 11) is 6.91. The molecule has 1 aliphatic rings. The van der Waals surface area contributed by atoms with E-state index in [1.54, 1.807) is 21.3 Å². The van der Waals surface area contributed by atoms with Crippen LogP contribution in [0.5, 0.6) is 23.1 Å². The third kappa shape index (κ3) is 3.47. The van der Waals surface area contributed by atoms with Crippen molar-refractivity contribution in [2.75, 3.05) is 54.6 Å². The van der Waals surface area contributed by atoms with Crippen molar-refractivity contribution in [3.63, 3.8) is 0 Å². The summed E-state index contributed by atoms with van der Waals surface area (Å²) >= 11 is 1.44. The van der Waals surface area contributed by atoms with E-state index in [0.29, 0.717) is 22.2 Å². The van der Waals surface area contributed by atoms with Crippen LogP contribution in [-0.2, 0) is 0 Å². The van der Waals surface area contributed by atoms with Gasteiger partial charge < -0.3 is 24.2 Å². The lowest BCUT2D eigenvalue weighted by molar-refractivity contribution is 0.127. The molecule has 0 saturated carbocycles. The van der Waals surface area contributed by atoms with Gasteiger partial charge >= 0.3 is 0 Å². The van der Waals surface area contributed by atoms with Gasteiger partial charge in [0.05, 0.1) is 32.2 Å². The molecule has 1 N–H and O–H groups in total. The van der Waals surface area contributed by atoms with Gasteiger partial charge in [0.2, 0.25) is 16.6 Å². The molecule has 3 aromatic rings. The van der Waals surface area contributed by atoms with Gasteiger partial charge in [-0.15, -0.1) is 0 Å². The van der Waals surface area contributed by atoms with Gasteiger partial charge in [0.25, 0.3) is 0 Å². The number of piperazine rings is 1. The van der Waals surface area contributed by atoms with Gasteiger partial charge in [-0.05, 0) is 24.7 Å². The smallest absolute Gasteiger partial charge is 0.230 e. The molecule has 29 heavy (non-hydrogen) atoms. The average molecular weight is 420 g/mol. The molecule has 1 atom stereocenters. The Morgan fingerprint density at radius 3 is 2.24 bits per heavy atom. The minimum Gasteiger partial charge on any atom is -0.493 e. The molecule has 9 nitrogen and oxygen atoms in total. The molecule has 1 unspecified atom stereocenters. The Kier molecular flexibility index (Phi) is 5.48. The Morgan fingerprint density at radius 2 is 1.69 bits per heavy atom. The number of ether oxygens (including phenoxy) is 3. The quantitative estimate of drug-likeness (QED) is 0.648. The zero-order valence-corrected chi connectivity index (χ0v) is 17.8. The largest absolute Gasteiger partial charge is 0.493 e. The summed E-state index contributed by atoms with van der Waals surface area (Å²) in [4.78, 5) is 10.3. The van der Waals surface area contributed by atoms with E-state index in [1.807, 2.05) is 12.1 Å². The van der Waals surface area contributed by atoms with Gasteiger partial charge in [0.15, 0.2) is 11.5 Å². The number of aromatic hydroxyl groups is 1. The first-order chi connectivity index (χ1) is 14.1. The van der Waals surface area contributed by atoms with Gasteiger partial charge in [-0.25, -0.2) is 4.98 Å². The maximum Gasteiger partial charge on any atom is 0.230 e. The van der Waals surface area contributed by atoms with Gasteiger partial charge in [-0.2, -0.15) is 9.61 Å². The number of benzene rings is 1. The van der Waals surface area contributed by atoms with Crippen molar-refractivity contribution < 1.29 is 19.3 Å². The topological polar surface area (TPSA) is 84.6 Å². The Hall–Kier alpha value is -2.56. The van der Waals surface area contributed by atoms with Crippen LogP contribution in [0.15, 0.2) is 18.5 Å². The van der Waals surface area contributed by atoms with Gasteiger partial charge in [-0.1, -0.05) is 11.3 Å². The maximum atomic E-state index is 10.9. The Morgan fingerprint density at radius 1 is 1.03 bits per heavy atom. The van der Waals surface area contributed by atoms with Crippen LogP contribution in [0, 0.1) is 0 Å². The Bertz CT molecular complexity index is 971. The molecule has 1 aromatic carbocycles. The number of likely N-dealkylation sites (N-methyl/N-ethyl adjacent to an activating group) is 1. The normalized spacial score (nSPS) is 16.8. The van der Waals surface area contributed by atoms with Crippen molar-refractivity contribution in [2.45, 2.75) is 6.04 Å². The first-order valence-corrected chi connectivity index (χ1v) is 10.1. The van der Waals surface area contributed by atoms with Crippen LogP contribution >= 0.6 is 11.3 Å². The van der Waals surface area contributed by atoms with Crippen molar-refractivity contribution >= 4 is 16.3 Å². The molecule has 0 spiro atoms. The molecule has 0 amide bonds. The highest BCUT2D eigenvalue weighted by atomic mass is 32.1. The zero-order chi connectivity index (χ0) is 20.5. The molecule has 2 aromatic heterocycles. The fourth-order valence-electron chi connectivity index (χ4n) is 3.74. The minimum absolute atomic E-state index is 0.111. The second-order valence-corrected chi connectivity index (χ2v) is 7.95. The standard InChI is InChI=1S/C19H25N5O4S/c1-22-5-7-23(8-6-22)15(17-18(25)24-19(29-17)20-11-21-24)12-9-13(26-2)16(28-4)14(10-12)27-3/h9-11,15,25H,5-8H2,1-4H3. The third-order valence-electron chi connectivity index (χ3n) is 5.29. The lowest BCUT2D eigenvalue weighted by Gasteiger charge is -2.38. The number of hydrogen-bond acceptors (Lipinski definition) is 9. The molecule has 1 aliphatic heterocycles. The fourth-order valence-corrected chi connectivity index (χ4v) is 4.83. The van der Waals surface area contributed by atoms with E-state index >= 15 is 0 Å². The first kappa shape index (κ1) is 19.7. The van der Waals surface area contributed by atoms with Crippen molar-refractivity contribution in [3.8, 4) is 23.1 Å². The number of hydrogen-bond donors (Lipinski definition) is 1. The molecule has 10 heteroatoms. The molecular formula is C19H25N5O4S. The summed E-state index contributed by atoms with van der Waals surface area (Å²) in [6, 6.07) is 3.70. The van der Waals surface area contributed by atoms with E-state index in [1.165, 1.54) is 22.2 Å². The molecule has 1 saturated heterocycles. The molecule has 4 rings (SSSR count). The molecule has 1 fully saturated rings. The molecule has 3 heterocycles. The summed E-state index contributed by atoms with van der Waals surface area (Å²) in [5.41, 5.74) is 0.948. The molecule has 156 valence electrons. The predicted octanol–water partition coefficient (Wildman–Crippen LogP) is 1.86. The van der Waals surface area contributed by atoms with Crippen molar-refractivity contribution in [2.24, 2.45) is 0 Å². The monoisotopic (exact) mass is 419 g/mol. The molecule has 0 bridgehead atoms. The van der Waals surface area contributed by atoms with Gasteiger partial charge in [0.1, 0.15) is 6.33 Å². The number of fused-ring (bicyclic) bond motifs is 1. The molecule has 0 aliphatic carbocycles. The number of aromatic nitrogens is 3. The van der Waals surface area contributed by atoms with E-state index < -0.39 is 0 Å². The average Bonchev–Trinajstić information content (AvgIpc) is 3.32.